The minimum atomic E-state index is 0. The summed E-state index contributed by atoms with van der Waals surface area (Å²) < 4.78 is 0. The molecule has 0 aromatic carbocycles. The van der Waals surface area contributed by atoms with Crippen molar-refractivity contribution in [2.24, 2.45) is 0 Å². The smallest absolute Gasteiger partial charge is 1.00 e. The van der Waals surface area contributed by atoms with Crippen LogP contribution in [0.3, 0.4) is 0 Å². The summed E-state index contributed by atoms with van der Waals surface area (Å²) in [5, 5.41) is 0. The van der Waals surface area contributed by atoms with Gasteiger partial charge in [-0.2, -0.15) is 0 Å². The summed E-state index contributed by atoms with van der Waals surface area (Å²) in [5.74, 6) is 0. The molecular formula is H6Cl4NNa. The maximum atomic E-state index is 0. The molecule has 0 aliphatic rings. The average Bonchev–Trinajstić information content (AvgIpc) is 0. The van der Waals surface area contributed by atoms with Crippen molar-refractivity contribution in [3.05, 3.63) is 0 Å². The molecule has 0 bridgehead atoms. The zero-order chi connectivity index (χ0) is 0. The maximum absolute atomic E-state index is 0. The minimum absolute atomic E-state index is 0. The molecule has 0 aromatic rings. The van der Waals surface area contributed by atoms with Crippen molar-refractivity contribution in [2.75, 3.05) is 0 Å². The zero-order valence-corrected chi connectivity index (χ0v) is 8.52. The van der Waals surface area contributed by atoms with Gasteiger partial charge in [-0.15, -0.1) is 37.2 Å². The van der Waals surface area contributed by atoms with Crippen LogP contribution in [0, 0.1) is 0 Å². The molecule has 0 aromatic heterocycles. The molecule has 0 spiro atoms. The molecule has 0 heterocycles. The number of rotatable bonds is 0. The molecule has 6 heteroatoms. The first-order valence-corrected chi connectivity index (χ1v) is 0. The van der Waals surface area contributed by atoms with Crippen LogP contribution in [0.1, 0.15) is 0 Å². The summed E-state index contributed by atoms with van der Waals surface area (Å²) in [5.41, 5.74) is 0. The molecule has 0 rings (SSSR count). The van der Waals surface area contributed by atoms with E-state index in [1.807, 2.05) is 0 Å². The van der Waals surface area contributed by atoms with Gasteiger partial charge in [-0.3, -0.25) is 0 Å². The Morgan fingerprint density at radius 3 is 0.667 bits per heavy atom. The van der Waals surface area contributed by atoms with Gasteiger partial charge in [-0.25, -0.2) is 0 Å². The Bertz CT molecular complexity index is 7.51. The third-order valence-corrected chi connectivity index (χ3v) is 0. The summed E-state index contributed by atoms with van der Waals surface area (Å²) in [6, 6.07) is 0. The summed E-state index contributed by atoms with van der Waals surface area (Å²) >= 11 is 0. The largest absolute Gasteiger partial charge is 1.00 e. The van der Waals surface area contributed by atoms with Gasteiger partial charge in [0.25, 0.3) is 0 Å². The van der Waals surface area contributed by atoms with Crippen molar-refractivity contribution in [1.29, 1.82) is 0 Å². The van der Waals surface area contributed by atoms with Crippen LogP contribution in [0.25, 0.3) is 0 Å². The summed E-state index contributed by atoms with van der Waals surface area (Å²) in [4.78, 5) is 0. The fraction of sp³-hybridized carbons (Fsp3) is 0. The first kappa shape index (κ1) is 91.6. The van der Waals surface area contributed by atoms with Gasteiger partial charge >= 0.3 is 29.6 Å². The van der Waals surface area contributed by atoms with Crippen molar-refractivity contribution >= 4 is 37.2 Å². The zero-order valence-electron chi connectivity index (χ0n) is 3.31. The van der Waals surface area contributed by atoms with Gasteiger partial charge in [0.1, 0.15) is 0 Å². The summed E-state index contributed by atoms with van der Waals surface area (Å²) in [6.07, 6.45) is 0. The van der Waals surface area contributed by atoms with E-state index >= 15 is 0 Å². The van der Waals surface area contributed by atoms with Crippen molar-refractivity contribution in [1.82, 2.24) is 6.15 Å². The van der Waals surface area contributed by atoms with E-state index in [0.717, 1.165) is 0 Å². The van der Waals surface area contributed by atoms with Crippen molar-refractivity contribution in [2.45, 2.75) is 0 Å². The van der Waals surface area contributed by atoms with Gasteiger partial charge in [0.2, 0.25) is 0 Å². The molecular weight excluding hydrogens is 179 g/mol. The second kappa shape index (κ2) is 59.3. The number of halogens is 4. The van der Waals surface area contributed by atoms with Gasteiger partial charge in [-0.05, 0) is 0 Å². The quantitative estimate of drug-likeness (QED) is 0.379. The third-order valence-electron chi connectivity index (χ3n) is 0. The maximum Gasteiger partial charge on any atom is 1.00 e. The molecule has 0 aliphatic carbocycles. The predicted octanol–water partition coefficient (Wildman–Crippen LogP) is -4.56. The fourth-order valence-electron chi connectivity index (χ4n) is 0. The van der Waals surface area contributed by atoms with E-state index < -0.39 is 0 Å². The average molecular weight is 185 g/mol. The first-order valence-electron chi connectivity index (χ1n) is 0. The van der Waals surface area contributed by atoms with E-state index in [-0.39, 0.29) is 85.3 Å². The molecule has 6 heavy (non-hydrogen) atoms. The normalized spacial score (nSPS) is 0. The Hall–Kier alpha value is 2.12. The molecule has 40 valence electrons. The minimum Gasteiger partial charge on any atom is -1.00 e. The Kier molecular flexibility index (Phi) is 906. The van der Waals surface area contributed by atoms with Crippen molar-refractivity contribution < 1.29 is 42.0 Å². The third kappa shape index (κ3) is 35.7. The first-order chi connectivity index (χ1) is 0. The van der Waals surface area contributed by atoms with Crippen LogP contribution in [0.5, 0.6) is 0 Å². The van der Waals surface area contributed by atoms with Gasteiger partial charge in [0, 0.05) is 0 Å². The standard InChI is InChI=1S/4ClH.H3N.Na/h4*1H;1H3;/q;;;;;+1/p-1. The topological polar surface area (TPSA) is 35.0 Å². The van der Waals surface area contributed by atoms with Gasteiger partial charge in [0.15, 0.2) is 0 Å². The molecule has 0 unspecified atom stereocenters. The van der Waals surface area contributed by atoms with E-state index in [2.05, 4.69) is 0 Å². The fourth-order valence-corrected chi connectivity index (χ4v) is 0. The predicted molar refractivity (Wildman–Crippen MR) is 26.8 cm³/mol. The van der Waals surface area contributed by atoms with Crippen LogP contribution < -0.4 is 48.1 Å². The van der Waals surface area contributed by atoms with Crippen LogP contribution in [-0.4, -0.2) is 0 Å². The van der Waals surface area contributed by atoms with Crippen LogP contribution in [0.4, 0.5) is 0 Å². The molecule has 1 nitrogen and oxygen atoms in total. The van der Waals surface area contributed by atoms with Gasteiger partial charge < -0.3 is 18.6 Å². The molecule has 0 atom stereocenters. The van der Waals surface area contributed by atoms with Crippen LogP contribution in [0.15, 0.2) is 0 Å². The van der Waals surface area contributed by atoms with E-state index in [4.69, 9.17) is 0 Å². The van der Waals surface area contributed by atoms with E-state index in [9.17, 15) is 0 Å². The molecule has 0 fully saturated rings. The Balaban J connectivity index is 0. The SMILES string of the molecule is Cl.Cl.Cl.N.[Cl-].[Na+]. The van der Waals surface area contributed by atoms with Crippen LogP contribution in [0.2, 0.25) is 0 Å². The molecule has 0 aliphatic heterocycles. The van der Waals surface area contributed by atoms with E-state index in [0.29, 0.717) is 0 Å². The van der Waals surface area contributed by atoms with Gasteiger partial charge in [0.05, 0.1) is 0 Å². The molecule has 0 saturated carbocycles. The summed E-state index contributed by atoms with van der Waals surface area (Å²) in [7, 11) is 0. The number of hydrogen-bond acceptors (Lipinski definition) is 1. The Morgan fingerprint density at radius 2 is 0.667 bits per heavy atom. The van der Waals surface area contributed by atoms with Crippen molar-refractivity contribution in [3.8, 4) is 0 Å². The Labute approximate surface area is 84.5 Å². The van der Waals surface area contributed by atoms with Crippen LogP contribution >= 0.6 is 37.2 Å². The summed E-state index contributed by atoms with van der Waals surface area (Å²) in [6.45, 7) is 0. The molecule has 0 saturated heterocycles. The number of hydrogen-bond donors (Lipinski definition) is 1. The monoisotopic (exact) mass is 183 g/mol. The van der Waals surface area contributed by atoms with Crippen molar-refractivity contribution in [3.63, 3.8) is 0 Å². The second-order valence-corrected chi connectivity index (χ2v) is 0. The molecule has 0 radical (unpaired) electrons. The second-order valence-electron chi connectivity index (χ2n) is 0. The van der Waals surface area contributed by atoms with Crippen LogP contribution in [-0.2, 0) is 0 Å². The molecule has 0 amide bonds. The Morgan fingerprint density at radius 1 is 0.667 bits per heavy atom. The van der Waals surface area contributed by atoms with E-state index in [1.54, 1.807) is 0 Å². The van der Waals surface area contributed by atoms with Gasteiger partial charge in [-0.1, -0.05) is 0 Å². The molecule has 3 N–H and O–H groups in total. The van der Waals surface area contributed by atoms with E-state index in [1.165, 1.54) is 0 Å².